The van der Waals surface area contributed by atoms with E-state index in [-0.39, 0.29) is 11.7 Å². The van der Waals surface area contributed by atoms with E-state index in [0.29, 0.717) is 5.69 Å². The van der Waals surface area contributed by atoms with Gasteiger partial charge < -0.3 is 11.1 Å². The molecule has 1 aromatic carbocycles. The molecule has 0 bridgehead atoms. The van der Waals surface area contributed by atoms with Crippen LogP contribution in [0.3, 0.4) is 0 Å². The molecule has 1 aromatic rings. The molecule has 2 nitrogen and oxygen atoms in total. The number of benzene rings is 1. The van der Waals surface area contributed by atoms with Crippen LogP contribution < -0.4 is 11.1 Å². The third-order valence-electron chi connectivity index (χ3n) is 3.56. The van der Waals surface area contributed by atoms with E-state index in [0.717, 1.165) is 31.7 Å². The predicted octanol–water partition coefficient (Wildman–Crippen LogP) is 4.07. The molecule has 0 unspecified atom stereocenters. The molecule has 0 spiro atoms. The van der Waals surface area contributed by atoms with Gasteiger partial charge in [-0.05, 0) is 18.9 Å². The fraction of sp³-hybridized carbons (Fsp3) is 0.571. The summed E-state index contributed by atoms with van der Waals surface area (Å²) in [5.41, 5.74) is 6.03. The van der Waals surface area contributed by atoms with Crippen LogP contribution in [0.25, 0.3) is 0 Å². The summed E-state index contributed by atoms with van der Waals surface area (Å²) in [6.45, 7) is 0. The molecular formula is C14H20F2N2. The van der Waals surface area contributed by atoms with Crippen molar-refractivity contribution in [3.05, 3.63) is 23.8 Å². The van der Waals surface area contributed by atoms with E-state index < -0.39 is 11.6 Å². The average Bonchev–Trinajstić information content (AvgIpc) is 2.28. The first-order valence-electron chi connectivity index (χ1n) is 6.68. The fourth-order valence-corrected chi connectivity index (χ4v) is 2.52. The van der Waals surface area contributed by atoms with Crippen LogP contribution in [0.1, 0.15) is 44.9 Å². The van der Waals surface area contributed by atoms with E-state index in [1.807, 2.05) is 0 Å². The summed E-state index contributed by atoms with van der Waals surface area (Å²) in [5, 5.41) is 3.19. The summed E-state index contributed by atoms with van der Waals surface area (Å²) in [5.74, 6) is -1.28. The lowest BCUT2D eigenvalue weighted by molar-refractivity contribution is 0.471. The smallest absolute Gasteiger partial charge is 0.151 e. The second-order valence-corrected chi connectivity index (χ2v) is 5.04. The quantitative estimate of drug-likeness (QED) is 0.781. The molecule has 1 fully saturated rings. The Kier molecular flexibility index (Phi) is 4.39. The highest BCUT2D eigenvalue weighted by atomic mass is 19.1. The maximum absolute atomic E-state index is 13.3. The van der Waals surface area contributed by atoms with Crippen molar-refractivity contribution < 1.29 is 8.78 Å². The third kappa shape index (κ3) is 3.34. The van der Waals surface area contributed by atoms with Crippen molar-refractivity contribution in [1.29, 1.82) is 0 Å². The van der Waals surface area contributed by atoms with Crippen molar-refractivity contribution in [3.8, 4) is 0 Å². The fourth-order valence-electron chi connectivity index (χ4n) is 2.52. The molecule has 1 aliphatic carbocycles. The van der Waals surface area contributed by atoms with E-state index in [1.54, 1.807) is 0 Å². The molecule has 0 radical (unpaired) electrons. The minimum absolute atomic E-state index is 0.0125. The summed E-state index contributed by atoms with van der Waals surface area (Å²) in [7, 11) is 0. The standard InChI is InChI=1S/C14H20F2N2/c15-10-8-12(16)14(17)13(9-10)18-11-6-4-2-1-3-5-7-11/h8-9,11,18H,1-7,17H2. The van der Waals surface area contributed by atoms with Gasteiger partial charge in [-0.3, -0.25) is 0 Å². The van der Waals surface area contributed by atoms with Crippen LogP contribution in [-0.2, 0) is 0 Å². The number of anilines is 2. The molecule has 0 saturated heterocycles. The summed E-state index contributed by atoms with van der Waals surface area (Å²) < 4.78 is 26.5. The first-order chi connectivity index (χ1) is 8.66. The van der Waals surface area contributed by atoms with Crippen molar-refractivity contribution in [2.24, 2.45) is 0 Å². The summed E-state index contributed by atoms with van der Waals surface area (Å²) in [6, 6.07) is 2.37. The van der Waals surface area contributed by atoms with Crippen LogP contribution in [0.15, 0.2) is 12.1 Å². The second kappa shape index (κ2) is 6.03. The van der Waals surface area contributed by atoms with Gasteiger partial charge in [0, 0.05) is 12.1 Å². The zero-order valence-corrected chi connectivity index (χ0v) is 10.5. The number of nitrogen functional groups attached to an aromatic ring is 1. The van der Waals surface area contributed by atoms with Crippen LogP contribution in [-0.4, -0.2) is 6.04 Å². The molecule has 4 heteroatoms. The molecule has 0 heterocycles. The Morgan fingerprint density at radius 3 is 2.28 bits per heavy atom. The number of halogens is 2. The SMILES string of the molecule is Nc1c(F)cc(F)cc1NC1CCCCCCC1. The van der Waals surface area contributed by atoms with Crippen LogP contribution >= 0.6 is 0 Å². The van der Waals surface area contributed by atoms with Gasteiger partial charge in [0.15, 0.2) is 5.82 Å². The molecule has 18 heavy (non-hydrogen) atoms. The summed E-state index contributed by atoms with van der Waals surface area (Å²) in [4.78, 5) is 0. The number of hydrogen-bond acceptors (Lipinski definition) is 2. The Morgan fingerprint density at radius 2 is 1.61 bits per heavy atom. The molecule has 1 saturated carbocycles. The van der Waals surface area contributed by atoms with Gasteiger partial charge in [-0.15, -0.1) is 0 Å². The van der Waals surface area contributed by atoms with Crippen molar-refractivity contribution in [2.75, 3.05) is 11.1 Å². The molecule has 0 atom stereocenters. The Balaban J connectivity index is 2.07. The van der Waals surface area contributed by atoms with Crippen LogP contribution in [0.2, 0.25) is 0 Å². The Labute approximate surface area is 107 Å². The van der Waals surface area contributed by atoms with E-state index in [2.05, 4.69) is 5.32 Å². The summed E-state index contributed by atoms with van der Waals surface area (Å²) in [6.07, 6.45) is 8.18. The molecule has 100 valence electrons. The predicted molar refractivity (Wildman–Crippen MR) is 70.5 cm³/mol. The minimum atomic E-state index is -0.691. The summed E-state index contributed by atoms with van der Waals surface area (Å²) >= 11 is 0. The van der Waals surface area contributed by atoms with Crippen molar-refractivity contribution in [3.63, 3.8) is 0 Å². The number of nitrogens with one attached hydrogen (secondary N) is 1. The molecular weight excluding hydrogens is 234 g/mol. The van der Waals surface area contributed by atoms with Gasteiger partial charge >= 0.3 is 0 Å². The van der Waals surface area contributed by atoms with Gasteiger partial charge in [-0.2, -0.15) is 0 Å². The van der Waals surface area contributed by atoms with Gasteiger partial charge in [0.05, 0.1) is 11.4 Å². The first-order valence-corrected chi connectivity index (χ1v) is 6.68. The lowest BCUT2D eigenvalue weighted by Gasteiger charge is -2.23. The lowest BCUT2D eigenvalue weighted by Crippen LogP contribution is -2.21. The average molecular weight is 254 g/mol. The van der Waals surface area contributed by atoms with E-state index >= 15 is 0 Å². The van der Waals surface area contributed by atoms with Gasteiger partial charge in [0.1, 0.15) is 5.82 Å². The third-order valence-corrected chi connectivity index (χ3v) is 3.56. The van der Waals surface area contributed by atoms with E-state index in [9.17, 15) is 8.78 Å². The molecule has 3 N–H and O–H groups in total. The van der Waals surface area contributed by atoms with Crippen LogP contribution in [0.5, 0.6) is 0 Å². The molecule has 0 aromatic heterocycles. The van der Waals surface area contributed by atoms with Gasteiger partial charge in [0.2, 0.25) is 0 Å². The Morgan fingerprint density at radius 1 is 1.00 bits per heavy atom. The Hall–Kier alpha value is -1.32. The maximum Gasteiger partial charge on any atom is 0.151 e. The van der Waals surface area contributed by atoms with Crippen LogP contribution in [0.4, 0.5) is 20.2 Å². The largest absolute Gasteiger partial charge is 0.395 e. The zero-order chi connectivity index (χ0) is 13.0. The number of hydrogen-bond donors (Lipinski definition) is 2. The van der Waals surface area contributed by atoms with Crippen molar-refractivity contribution in [2.45, 2.75) is 51.0 Å². The molecule has 1 aliphatic rings. The molecule has 0 amide bonds. The van der Waals surface area contributed by atoms with Gasteiger partial charge in [-0.25, -0.2) is 8.78 Å². The molecule has 0 aliphatic heterocycles. The second-order valence-electron chi connectivity index (χ2n) is 5.04. The van der Waals surface area contributed by atoms with E-state index in [1.165, 1.54) is 25.3 Å². The highest BCUT2D eigenvalue weighted by Crippen LogP contribution is 2.27. The number of rotatable bonds is 2. The van der Waals surface area contributed by atoms with E-state index in [4.69, 9.17) is 5.73 Å². The number of nitrogens with two attached hydrogens (primary N) is 1. The first kappa shape index (κ1) is 13.1. The van der Waals surface area contributed by atoms with Crippen molar-refractivity contribution in [1.82, 2.24) is 0 Å². The lowest BCUT2D eigenvalue weighted by atomic mass is 9.96. The van der Waals surface area contributed by atoms with Gasteiger partial charge in [0.25, 0.3) is 0 Å². The normalized spacial score (nSPS) is 18.1. The minimum Gasteiger partial charge on any atom is -0.395 e. The zero-order valence-electron chi connectivity index (χ0n) is 10.5. The monoisotopic (exact) mass is 254 g/mol. The van der Waals surface area contributed by atoms with Gasteiger partial charge in [-0.1, -0.05) is 32.1 Å². The Bertz CT molecular complexity index is 399. The molecule has 2 rings (SSSR count). The highest BCUT2D eigenvalue weighted by Gasteiger charge is 2.14. The maximum atomic E-state index is 13.3. The highest BCUT2D eigenvalue weighted by molar-refractivity contribution is 5.67. The van der Waals surface area contributed by atoms with Crippen molar-refractivity contribution >= 4 is 11.4 Å². The topological polar surface area (TPSA) is 38.0 Å². The van der Waals surface area contributed by atoms with Crippen LogP contribution in [0, 0.1) is 11.6 Å².